The molecule has 0 aliphatic rings. The summed E-state index contributed by atoms with van der Waals surface area (Å²) in [5.74, 6) is -1.28. The Morgan fingerprint density at radius 2 is 1.94 bits per heavy atom. The fourth-order valence-corrected chi connectivity index (χ4v) is 1.18. The Bertz CT molecular complexity index is 269. The summed E-state index contributed by atoms with van der Waals surface area (Å²) in [6.45, 7) is 3.41. The molecule has 1 unspecified atom stereocenters. The van der Waals surface area contributed by atoms with Gasteiger partial charge in [0.05, 0.1) is 18.8 Å². The van der Waals surface area contributed by atoms with Crippen LogP contribution < -0.4 is 5.32 Å². The maximum absolute atomic E-state index is 11.7. The van der Waals surface area contributed by atoms with Crippen LogP contribution in [-0.2, 0) is 9.53 Å². The summed E-state index contributed by atoms with van der Waals surface area (Å²) in [4.78, 5) is 23.8. The second-order valence-electron chi connectivity index (χ2n) is 3.92. The third kappa shape index (κ3) is 5.01. The van der Waals surface area contributed by atoms with Crippen LogP contribution in [0.2, 0.25) is 0 Å². The molecule has 7 heteroatoms. The number of hydrogen-bond donors (Lipinski definition) is 3. The molecule has 0 fully saturated rings. The van der Waals surface area contributed by atoms with Gasteiger partial charge in [-0.2, -0.15) is 0 Å². The Balaban J connectivity index is 4.45. The highest BCUT2D eigenvalue weighted by Crippen LogP contribution is 1.99. The maximum atomic E-state index is 11.7. The number of nitrogens with one attached hydrogen (secondary N) is 1. The Morgan fingerprint density at radius 1 is 1.41 bits per heavy atom. The monoisotopic (exact) mass is 248 g/mol. The third-order valence-corrected chi connectivity index (χ3v) is 2.42. The number of carbonyl (C=O) groups is 2. The number of amides is 2. The lowest BCUT2D eigenvalue weighted by Crippen LogP contribution is -2.53. The van der Waals surface area contributed by atoms with Crippen LogP contribution in [0.15, 0.2) is 0 Å². The van der Waals surface area contributed by atoms with Crippen LogP contribution in [0.25, 0.3) is 0 Å². The van der Waals surface area contributed by atoms with Gasteiger partial charge < -0.3 is 25.2 Å². The molecular formula is C10H20N2O5. The van der Waals surface area contributed by atoms with E-state index in [1.54, 1.807) is 6.92 Å². The Morgan fingerprint density at radius 3 is 2.29 bits per heavy atom. The highest BCUT2D eigenvalue weighted by atomic mass is 16.5. The summed E-state index contributed by atoms with van der Waals surface area (Å²) in [6.07, 6.45) is -1.16. The van der Waals surface area contributed by atoms with Gasteiger partial charge in [-0.1, -0.05) is 0 Å². The van der Waals surface area contributed by atoms with Crippen molar-refractivity contribution in [3.05, 3.63) is 0 Å². The number of carboxylic acids is 1. The van der Waals surface area contributed by atoms with Gasteiger partial charge in [0.15, 0.2) is 6.04 Å². The Kier molecular flexibility index (Phi) is 6.52. The topological polar surface area (TPSA) is 99.1 Å². The van der Waals surface area contributed by atoms with Crippen molar-refractivity contribution >= 4 is 12.0 Å². The fraction of sp³-hybridized carbons (Fsp3) is 0.800. The van der Waals surface area contributed by atoms with E-state index in [1.165, 1.54) is 26.0 Å². The smallest absolute Gasteiger partial charge is 0.328 e. The number of likely N-dealkylation sites (N-methyl/N-ethyl adjacent to an activating group) is 1. The van der Waals surface area contributed by atoms with Gasteiger partial charge in [-0.3, -0.25) is 0 Å². The summed E-state index contributed by atoms with van der Waals surface area (Å²) in [5, 5.41) is 20.3. The van der Waals surface area contributed by atoms with Gasteiger partial charge in [0.1, 0.15) is 0 Å². The lowest BCUT2D eigenvalue weighted by molar-refractivity contribution is -0.141. The molecule has 3 N–H and O–H groups in total. The summed E-state index contributed by atoms with van der Waals surface area (Å²) >= 11 is 0. The quantitative estimate of drug-likeness (QED) is 0.588. The molecule has 7 nitrogen and oxygen atoms in total. The summed E-state index contributed by atoms with van der Waals surface area (Å²) < 4.78 is 4.89. The first-order chi connectivity index (χ1) is 7.81. The molecule has 2 amide bonds. The SMILES string of the molecule is COCC(C)N(C)C(=O)N[C@H](C(=O)O)[C@@H](C)O. The molecule has 0 aromatic heterocycles. The van der Waals surface area contributed by atoms with Crippen molar-refractivity contribution in [1.82, 2.24) is 10.2 Å². The summed E-state index contributed by atoms with van der Waals surface area (Å²) in [6, 6.07) is -2.08. The van der Waals surface area contributed by atoms with E-state index in [1.807, 2.05) is 0 Å². The second-order valence-corrected chi connectivity index (χ2v) is 3.92. The summed E-state index contributed by atoms with van der Waals surface area (Å²) in [5.41, 5.74) is 0. The van der Waals surface area contributed by atoms with E-state index in [9.17, 15) is 14.7 Å². The van der Waals surface area contributed by atoms with Crippen LogP contribution in [0, 0.1) is 0 Å². The van der Waals surface area contributed by atoms with Gasteiger partial charge in [0.25, 0.3) is 0 Å². The molecule has 0 aromatic carbocycles. The zero-order valence-corrected chi connectivity index (χ0v) is 10.5. The molecule has 0 aromatic rings. The maximum Gasteiger partial charge on any atom is 0.328 e. The Labute approximate surface area is 100 Å². The number of methoxy groups -OCH3 is 1. The van der Waals surface area contributed by atoms with E-state index in [2.05, 4.69) is 5.32 Å². The molecular weight excluding hydrogens is 228 g/mol. The first kappa shape index (κ1) is 15.7. The standard InChI is InChI=1S/C10H20N2O5/c1-6(5-17-4)12(3)10(16)11-8(7(2)13)9(14)15/h6-8,13H,5H2,1-4H3,(H,11,16)(H,14,15)/t6?,7-,8+/m1/s1. The molecule has 0 heterocycles. The van der Waals surface area contributed by atoms with E-state index in [4.69, 9.17) is 9.84 Å². The molecule has 17 heavy (non-hydrogen) atoms. The van der Waals surface area contributed by atoms with Crippen molar-refractivity contribution in [2.45, 2.75) is 32.0 Å². The largest absolute Gasteiger partial charge is 0.480 e. The van der Waals surface area contributed by atoms with E-state index in [0.717, 1.165) is 0 Å². The van der Waals surface area contributed by atoms with E-state index in [0.29, 0.717) is 6.61 Å². The average molecular weight is 248 g/mol. The number of nitrogens with zero attached hydrogens (tertiary/aromatic N) is 1. The lowest BCUT2D eigenvalue weighted by atomic mass is 10.2. The number of hydrogen-bond acceptors (Lipinski definition) is 4. The van der Waals surface area contributed by atoms with Crippen LogP contribution >= 0.6 is 0 Å². The van der Waals surface area contributed by atoms with Crippen LogP contribution in [0.4, 0.5) is 4.79 Å². The van der Waals surface area contributed by atoms with Crippen molar-refractivity contribution in [3.63, 3.8) is 0 Å². The number of carbonyl (C=O) groups excluding carboxylic acids is 1. The average Bonchev–Trinajstić information content (AvgIpc) is 2.23. The van der Waals surface area contributed by atoms with Crippen LogP contribution in [0.5, 0.6) is 0 Å². The molecule has 0 aliphatic heterocycles. The molecule has 0 bridgehead atoms. The van der Waals surface area contributed by atoms with Crippen molar-refractivity contribution in [2.24, 2.45) is 0 Å². The first-order valence-corrected chi connectivity index (χ1v) is 5.24. The molecule has 0 aliphatic carbocycles. The van der Waals surface area contributed by atoms with Gasteiger partial charge in [-0.25, -0.2) is 9.59 Å². The zero-order chi connectivity index (χ0) is 13.6. The van der Waals surface area contributed by atoms with Crippen LogP contribution in [0.1, 0.15) is 13.8 Å². The predicted octanol–water partition coefficient (Wildman–Crippen LogP) is -0.503. The Hall–Kier alpha value is -1.34. The number of rotatable bonds is 6. The third-order valence-electron chi connectivity index (χ3n) is 2.42. The van der Waals surface area contributed by atoms with Crippen LogP contribution in [-0.4, -0.2) is 66.1 Å². The minimum Gasteiger partial charge on any atom is -0.480 e. The highest BCUT2D eigenvalue weighted by molar-refractivity contribution is 5.83. The van der Waals surface area contributed by atoms with Gasteiger partial charge in [-0.05, 0) is 13.8 Å². The summed E-state index contributed by atoms with van der Waals surface area (Å²) in [7, 11) is 3.04. The molecule has 0 spiro atoms. The van der Waals surface area contributed by atoms with Crippen LogP contribution in [0.3, 0.4) is 0 Å². The second kappa shape index (κ2) is 7.08. The van der Waals surface area contributed by atoms with E-state index >= 15 is 0 Å². The zero-order valence-electron chi connectivity index (χ0n) is 10.5. The van der Waals surface area contributed by atoms with Gasteiger partial charge >= 0.3 is 12.0 Å². The number of ether oxygens (including phenoxy) is 1. The molecule has 0 rings (SSSR count). The lowest BCUT2D eigenvalue weighted by Gasteiger charge is -2.27. The highest BCUT2D eigenvalue weighted by Gasteiger charge is 2.27. The molecule has 0 saturated carbocycles. The normalized spacial score (nSPS) is 15.8. The minimum absolute atomic E-state index is 0.191. The fourth-order valence-electron chi connectivity index (χ4n) is 1.18. The number of carboxylic acid groups (broad SMARTS) is 1. The van der Waals surface area contributed by atoms with E-state index < -0.39 is 24.1 Å². The minimum atomic E-state index is -1.32. The van der Waals surface area contributed by atoms with E-state index in [-0.39, 0.29) is 6.04 Å². The number of aliphatic hydroxyl groups is 1. The van der Waals surface area contributed by atoms with Crippen molar-refractivity contribution in [3.8, 4) is 0 Å². The van der Waals surface area contributed by atoms with Crippen molar-refractivity contribution < 1.29 is 24.5 Å². The predicted molar refractivity (Wildman–Crippen MR) is 60.7 cm³/mol. The molecule has 0 saturated heterocycles. The first-order valence-electron chi connectivity index (χ1n) is 5.24. The van der Waals surface area contributed by atoms with Gasteiger partial charge in [0.2, 0.25) is 0 Å². The van der Waals surface area contributed by atoms with Crippen molar-refractivity contribution in [1.29, 1.82) is 0 Å². The van der Waals surface area contributed by atoms with Crippen molar-refractivity contribution in [2.75, 3.05) is 20.8 Å². The number of urea groups is 1. The molecule has 3 atom stereocenters. The number of aliphatic hydroxyl groups excluding tert-OH is 1. The molecule has 0 radical (unpaired) electrons. The van der Waals surface area contributed by atoms with Gasteiger partial charge in [-0.15, -0.1) is 0 Å². The molecule has 100 valence electrons. The van der Waals surface area contributed by atoms with Gasteiger partial charge in [0, 0.05) is 14.2 Å². The number of aliphatic carboxylic acids is 1.